The van der Waals surface area contributed by atoms with Crippen molar-refractivity contribution in [3.8, 4) is 11.1 Å². The normalized spacial score (nSPS) is 10.7. The minimum absolute atomic E-state index is 0.330. The molecule has 0 aliphatic carbocycles. The average Bonchev–Trinajstić information content (AvgIpc) is 2.49. The summed E-state index contributed by atoms with van der Waals surface area (Å²) in [7, 11) is -3.60. The number of anilines is 1. The van der Waals surface area contributed by atoms with Crippen molar-refractivity contribution in [1.29, 1.82) is 0 Å². The summed E-state index contributed by atoms with van der Waals surface area (Å²) in [6, 6.07) is 7.29. The van der Waals surface area contributed by atoms with Gasteiger partial charge in [-0.05, 0) is 47.9 Å². The molecule has 0 aromatic heterocycles. The van der Waals surface area contributed by atoms with Crippen LogP contribution >= 0.6 is 11.6 Å². The van der Waals surface area contributed by atoms with Crippen molar-refractivity contribution in [3.63, 3.8) is 0 Å². The Morgan fingerprint density at radius 2 is 1.78 bits per heavy atom. The SMILES string of the molecule is CC.Cc1c(NN)cc(Cl)cc1-c1ccc(S(C)(=O)=O)c(F)c1. The molecule has 126 valence electrons. The highest BCUT2D eigenvalue weighted by atomic mass is 35.5. The number of nitrogens with two attached hydrogens (primary N) is 1. The number of hydrogen-bond acceptors (Lipinski definition) is 4. The molecule has 0 heterocycles. The van der Waals surface area contributed by atoms with Gasteiger partial charge in [0.05, 0.1) is 5.69 Å². The van der Waals surface area contributed by atoms with E-state index in [0.29, 0.717) is 21.8 Å². The van der Waals surface area contributed by atoms with Crippen molar-refractivity contribution in [2.24, 2.45) is 5.84 Å². The van der Waals surface area contributed by atoms with Gasteiger partial charge in [0.25, 0.3) is 0 Å². The minimum atomic E-state index is -3.60. The second-order valence-electron chi connectivity index (χ2n) is 4.69. The summed E-state index contributed by atoms with van der Waals surface area (Å²) in [6.07, 6.45) is 0.964. The van der Waals surface area contributed by atoms with Crippen LogP contribution in [0.15, 0.2) is 35.2 Å². The Hall–Kier alpha value is -1.63. The number of rotatable bonds is 3. The first-order chi connectivity index (χ1) is 10.7. The lowest BCUT2D eigenvalue weighted by atomic mass is 9.99. The molecule has 0 unspecified atom stereocenters. The van der Waals surface area contributed by atoms with E-state index in [1.165, 1.54) is 12.1 Å². The summed E-state index contributed by atoms with van der Waals surface area (Å²) in [6.45, 7) is 5.81. The molecular formula is C16H20ClFN2O2S. The third kappa shape index (κ3) is 4.43. The monoisotopic (exact) mass is 358 g/mol. The van der Waals surface area contributed by atoms with Gasteiger partial charge in [0, 0.05) is 11.3 Å². The molecule has 2 rings (SSSR count). The summed E-state index contributed by atoms with van der Waals surface area (Å²) >= 11 is 6.01. The summed E-state index contributed by atoms with van der Waals surface area (Å²) in [5.74, 6) is 4.62. The Morgan fingerprint density at radius 3 is 2.26 bits per heavy atom. The zero-order valence-corrected chi connectivity index (χ0v) is 15.0. The lowest BCUT2D eigenvalue weighted by Crippen LogP contribution is -2.08. The maximum absolute atomic E-state index is 14.0. The smallest absolute Gasteiger partial charge is 0.178 e. The summed E-state index contributed by atoms with van der Waals surface area (Å²) in [5, 5.41) is 0.441. The first kappa shape index (κ1) is 19.4. The molecule has 0 aliphatic rings. The number of nitrogens with one attached hydrogen (secondary N) is 1. The van der Waals surface area contributed by atoms with Gasteiger partial charge in [-0.2, -0.15) is 0 Å². The molecule has 23 heavy (non-hydrogen) atoms. The quantitative estimate of drug-likeness (QED) is 0.638. The van der Waals surface area contributed by atoms with Gasteiger partial charge in [0.15, 0.2) is 9.84 Å². The lowest BCUT2D eigenvalue weighted by Gasteiger charge is -2.13. The van der Waals surface area contributed by atoms with Crippen LogP contribution in [0.4, 0.5) is 10.1 Å². The maximum atomic E-state index is 14.0. The second-order valence-corrected chi connectivity index (χ2v) is 7.11. The number of hydrazine groups is 1. The van der Waals surface area contributed by atoms with Crippen molar-refractivity contribution in [2.45, 2.75) is 25.7 Å². The van der Waals surface area contributed by atoms with Gasteiger partial charge in [-0.3, -0.25) is 5.84 Å². The Bertz CT molecular complexity index is 808. The van der Waals surface area contributed by atoms with Crippen LogP contribution in [0.3, 0.4) is 0 Å². The van der Waals surface area contributed by atoms with Crippen LogP contribution in [0, 0.1) is 12.7 Å². The van der Waals surface area contributed by atoms with E-state index >= 15 is 0 Å². The van der Waals surface area contributed by atoms with Gasteiger partial charge in [-0.25, -0.2) is 12.8 Å². The standard InChI is InChI=1S/C14H14ClFN2O2S.C2H6/c1-8-11(6-10(15)7-13(8)18-17)9-3-4-14(12(16)5-9)21(2,19)20;1-2/h3-7,18H,17H2,1-2H3;1-2H3. The molecule has 3 N–H and O–H groups in total. The van der Waals surface area contributed by atoms with Crippen LogP contribution in [0.2, 0.25) is 5.02 Å². The van der Waals surface area contributed by atoms with E-state index in [1.54, 1.807) is 18.2 Å². The number of halogens is 2. The van der Waals surface area contributed by atoms with E-state index in [9.17, 15) is 12.8 Å². The number of sulfone groups is 1. The van der Waals surface area contributed by atoms with Crippen LogP contribution in [0.1, 0.15) is 19.4 Å². The molecule has 0 amide bonds. The van der Waals surface area contributed by atoms with Crippen molar-refractivity contribution in [1.82, 2.24) is 0 Å². The Balaban J connectivity index is 0.00000127. The number of hydrogen-bond donors (Lipinski definition) is 2. The van der Waals surface area contributed by atoms with E-state index in [1.807, 2.05) is 20.8 Å². The van der Waals surface area contributed by atoms with E-state index in [2.05, 4.69) is 5.43 Å². The molecule has 7 heteroatoms. The highest BCUT2D eigenvalue weighted by Gasteiger charge is 2.16. The summed E-state index contributed by atoms with van der Waals surface area (Å²) in [5.41, 5.74) is 5.12. The van der Waals surface area contributed by atoms with Crippen LogP contribution in [0.5, 0.6) is 0 Å². The highest BCUT2D eigenvalue weighted by Crippen LogP contribution is 2.33. The molecule has 4 nitrogen and oxygen atoms in total. The predicted octanol–water partition coefficient (Wildman–Crippen LogP) is 4.17. The van der Waals surface area contributed by atoms with Crippen molar-refractivity contribution >= 4 is 27.1 Å². The van der Waals surface area contributed by atoms with Gasteiger partial charge in [0.1, 0.15) is 10.7 Å². The molecule has 2 aromatic rings. The van der Waals surface area contributed by atoms with Crippen molar-refractivity contribution in [3.05, 3.63) is 46.7 Å². The van der Waals surface area contributed by atoms with Gasteiger partial charge in [-0.1, -0.05) is 31.5 Å². The largest absolute Gasteiger partial charge is 0.324 e. The highest BCUT2D eigenvalue weighted by molar-refractivity contribution is 7.90. The van der Waals surface area contributed by atoms with Crippen molar-refractivity contribution in [2.75, 3.05) is 11.7 Å². The first-order valence-corrected chi connectivity index (χ1v) is 9.27. The van der Waals surface area contributed by atoms with Gasteiger partial charge >= 0.3 is 0 Å². The van der Waals surface area contributed by atoms with Crippen LogP contribution in [-0.2, 0) is 9.84 Å². The second kappa shape index (κ2) is 7.77. The molecule has 0 fully saturated rings. The van der Waals surface area contributed by atoms with Crippen LogP contribution in [-0.4, -0.2) is 14.7 Å². The van der Waals surface area contributed by atoms with Crippen LogP contribution < -0.4 is 11.3 Å². The van der Waals surface area contributed by atoms with Gasteiger partial charge < -0.3 is 5.43 Å². The zero-order valence-electron chi connectivity index (χ0n) is 13.4. The maximum Gasteiger partial charge on any atom is 0.178 e. The van der Waals surface area contributed by atoms with Crippen molar-refractivity contribution < 1.29 is 12.8 Å². The fourth-order valence-corrected chi connectivity index (χ4v) is 3.04. The van der Waals surface area contributed by atoms with E-state index in [4.69, 9.17) is 17.4 Å². The third-order valence-corrected chi connectivity index (χ3v) is 4.52. The van der Waals surface area contributed by atoms with E-state index in [-0.39, 0.29) is 4.90 Å². The predicted molar refractivity (Wildman–Crippen MR) is 93.9 cm³/mol. The minimum Gasteiger partial charge on any atom is -0.324 e. The van der Waals surface area contributed by atoms with Gasteiger partial charge in [0.2, 0.25) is 0 Å². The Kier molecular flexibility index (Phi) is 6.56. The molecule has 0 radical (unpaired) electrons. The Labute approximate surface area is 141 Å². The molecule has 0 aliphatic heterocycles. The molecule has 0 bridgehead atoms. The molecule has 0 spiro atoms. The fourth-order valence-electron chi connectivity index (χ4n) is 2.10. The molecule has 0 atom stereocenters. The average molecular weight is 359 g/mol. The van der Waals surface area contributed by atoms with Gasteiger partial charge in [-0.15, -0.1) is 0 Å². The number of benzene rings is 2. The zero-order chi connectivity index (χ0) is 17.8. The number of nitrogen functional groups attached to an aromatic ring is 1. The van der Waals surface area contributed by atoms with Crippen LogP contribution in [0.25, 0.3) is 11.1 Å². The lowest BCUT2D eigenvalue weighted by molar-refractivity contribution is 0.571. The Morgan fingerprint density at radius 1 is 1.17 bits per heavy atom. The van der Waals surface area contributed by atoms with E-state index in [0.717, 1.165) is 11.8 Å². The molecule has 2 aromatic carbocycles. The molecule has 0 saturated carbocycles. The molecular weight excluding hydrogens is 339 g/mol. The summed E-state index contributed by atoms with van der Waals surface area (Å²) < 4.78 is 36.9. The first-order valence-electron chi connectivity index (χ1n) is 7.01. The topological polar surface area (TPSA) is 72.2 Å². The fraction of sp³-hybridized carbons (Fsp3) is 0.250. The summed E-state index contributed by atoms with van der Waals surface area (Å²) in [4.78, 5) is -0.330. The molecule has 0 saturated heterocycles. The van der Waals surface area contributed by atoms with E-state index < -0.39 is 15.7 Å². The third-order valence-electron chi connectivity index (χ3n) is 3.17.